The van der Waals surface area contributed by atoms with Gasteiger partial charge < -0.3 is 15.0 Å². The third-order valence-corrected chi connectivity index (χ3v) is 3.02. The molecule has 0 aliphatic carbocycles. The van der Waals surface area contributed by atoms with Gasteiger partial charge in [0.05, 0.1) is 12.7 Å². The first-order chi connectivity index (χ1) is 7.40. The van der Waals surface area contributed by atoms with Gasteiger partial charge in [-0.2, -0.15) is 0 Å². The second-order valence-corrected chi connectivity index (χ2v) is 4.26. The number of methoxy groups -OCH3 is 1. The largest absolute Gasteiger partial charge is 0.465 e. The van der Waals surface area contributed by atoms with Crippen LogP contribution in [-0.2, 0) is 18.2 Å². The number of carbonyl (C=O) groups is 1. The molecule has 2 N–H and O–H groups in total. The summed E-state index contributed by atoms with van der Waals surface area (Å²) in [6.45, 7) is 5.85. The standard InChI is InChI=1S/C12H20N2O2/c1-7(13)6-10-8(2)14(4)9(3)11(10)12(15)16-5/h7H,6,13H2,1-5H3. The average Bonchev–Trinajstić information content (AvgIpc) is 2.42. The number of aromatic nitrogens is 1. The van der Waals surface area contributed by atoms with Crippen LogP contribution in [0.25, 0.3) is 0 Å². The number of hydrogen-bond acceptors (Lipinski definition) is 3. The van der Waals surface area contributed by atoms with E-state index in [0.29, 0.717) is 12.0 Å². The van der Waals surface area contributed by atoms with E-state index in [1.165, 1.54) is 7.11 Å². The second-order valence-electron chi connectivity index (χ2n) is 4.26. The molecule has 16 heavy (non-hydrogen) atoms. The quantitative estimate of drug-likeness (QED) is 0.788. The molecule has 90 valence electrons. The van der Waals surface area contributed by atoms with Gasteiger partial charge in [0, 0.05) is 24.5 Å². The lowest BCUT2D eigenvalue weighted by atomic mass is 10.0. The summed E-state index contributed by atoms with van der Waals surface area (Å²) in [6, 6.07) is 0.0314. The summed E-state index contributed by atoms with van der Waals surface area (Å²) in [4.78, 5) is 11.7. The van der Waals surface area contributed by atoms with Crippen LogP contribution in [-0.4, -0.2) is 23.7 Å². The van der Waals surface area contributed by atoms with E-state index in [1.54, 1.807) is 0 Å². The molecule has 1 rings (SSSR count). The Balaban J connectivity index is 3.33. The van der Waals surface area contributed by atoms with E-state index in [9.17, 15) is 4.79 Å². The van der Waals surface area contributed by atoms with Gasteiger partial charge in [0.2, 0.25) is 0 Å². The molecule has 0 spiro atoms. The first-order valence-electron chi connectivity index (χ1n) is 5.38. The lowest BCUT2D eigenvalue weighted by molar-refractivity contribution is 0.0598. The van der Waals surface area contributed by atoms with Crippen molar-refractivity contribution in [1.29, 1.82) is 0 Å². The van der Waals surface area contributed by atoms with Crippen LogP contribution < -0.4 is 5.73 Å². The molecule has 0 aliphatic rings. The molecule has 0 saturated carbocycles. The smallest absolute Gasteiger partial charge is 0.339 e. The molecule has 1 unspecified atom stereocenters. The Morgan fingerprint density at radius 3 is 2.44 bits per heavy atom. The highest BCUT2D eigenvalue weighted by atomic mass is 16.5. The Morgan fingerprint density at radius 2 is 2.00 bits per heavy atom. The van der Waals surface area contributed by atoms with Gasteiger partial charge in [-0.25, -0.2) is 4.79 Å². The predicted octanol–water partition coefficient (Wildman–Crippen LogP) is 1.32. The fourth-order valence-corrected chi connectivity index (χ4v) is 1.97. The van der Waals surface area contributed by atoms with Crippen molar-refractivity contribution in [2.45, 2.75) is 33.2 Å². The fraction of sp³-hybridized carbons (Fsp3) is 0.583. The maximum absolute atomic E-state index is 11.7. The maximum atomic E-state index is 11.7. The van der Waals surface area contributed by atoms with Crippen molar-refractivity contribution in [3.8, 4) is 0 Å². The molecule has 1 aromatic heterocycles. The topological polar surface area (TPSA) is 57.2 Å². The molecule has 4 nitrogen and oxygen atoms in total. The molecular weight excluding hydrogens is 204 g/mol. The zero-order valence-corrected chi connectivity index (χ0v) is 10.6. The minimum absolute atomic E-state index is 0.0314. The van der Waals surface area contributed by atoms with Gasteiger partial charge in [0.15, 0.2) is 0 Å². The van der Waals surface area contributed by atoms with Crippen molar-refractivity contribution < 1.29 is 9.53 Å². The first kappa shape index (κ1) is 12.8. The third-order valence-electron chi connectivity index (χ3n) is 3.02. The van der Waals surface area contributed by atoms with Crippen molar-refractivity contribution in [3.63, 3.8) is 0 Å². The monoisotopic (exact) mass is 224 g/mol. The lowest BCUT2D eigenvalue weighted by Gasteiger charge is -2.07. The van der Waals surface area contributed by atoms with Gasteiger partial charge in [0.1, 0.15) is 0 Å². The number of hydrogen-bond donors (Lipinski definition) is 1. The van der Waals surface area contributed by atoms with Gasteiger partial charge in [-0.3, -0.25) is 0 Å². The van der Waals surface area contributed by atoms with Gasteiger partial charge >= 0.3 is 5.97 Å². The van der Waals surface area contributed by atoms with Crippen molar-refractivity contribution in [3.05, 3.63) is 22.5 Å². The number of ether oxygens (including phenoxy) is 1. The van der Waals surface area contributed by atoms with Gasteiger partial charge in [-0.15, -0.1) is 0 Å². The van der Waals surface area contributed by atoms with E-state index in [-0.39, 0.29) is 12.0 Å². The Hall–Kier alpha value is -1.29. The van der Waals surface area contributed by atoms with E-state index in [0.717, 1.165) is 17.0 Å². The lowest BCUT2D eigenvalue weighted by Crippen LogP contribution is -2.20. The molecule has 0 fully saturated rings. The average molecular weight is 224 g/mol. The number of nitrogens with two attached hydrogens (primary N) is 1. The summed E-state index contributed by atoms with van der Waals surface area (Å²) in [5.74, 6) is -0.281. The molecule has 0 aromatic carbocycles. The van der Waals surface area contributed by atoms with Gasteiger partial charge in [-0.05, 0) is 32.8 Å². The van der Waals surface area contributed by atoms with Crippen LogP contribution in [0.3, 0.4) is 0 Å². The fourth-order valence-electron chi connectivity index (χ4n) is 1.97. The Morgan fingerprint density at radius 1 is 1.44 bits per heavy atom. The van der Waals surface area contributed by atoms with E-state index >= 15 is 0 Å². The molecule has 0 radical (unpaired) electrons. The summed E-state index contributed by atoms with van der Waals surface area (Å²) >= 11 is 0. The number of esters is 1. The molecule has 0 saturated heterocycles. The molecule has 0 bridgehead atoms. The van der Waals surface area contributed by atoms with Crippen LogP contribution in [0.2, 0.25) is 0 Å². The highest BCUT2D eigenvalue weighted by molar-refractivity contribution is 5.93. The molecule has 0 amide bonds. The minimum atomic E-state index is -0.281. The summed E-state index contributed by atoms with van der Waals surface area (Å²) in [6.07, 6.45) is 0.692. The summed E-state index contributed by atoms with van der Waals surface area (Å²) in [5, 5.41) is 0. The normalized spacial score (nSPS) is 12.6. The second kappa shape index (κ2) is 4.70. The highest BCUT2D eigenvalue weighted by Gasteiger charge is 2.22. The van der Waals surface area contributed by atoms with E-state index in [2.05, 4.69) is 0 Å². The van der Waals surface area contributed by atoms with Crippen molar-refractivity contribution in [1.82, 2.24) is 4.57 Å². The van der Waals surface area contributed by atoms with E-state index < -0.39 is 0 Å². The molecule has 1 atom stereocenters. The number of nitrogens with zero attached hydrogens (tertiary/aromatic N) is 1. The Kier molecular flexibility index (Phi) is 3.75. The molecule has 1 heterocycles. The van der Waals surface area contributed by atoms with Gasteiger partial charge in [-0.1, -0.05) is 0 Å². The first-order valence-corrected chi connectivity index (χ1v) is 5.38. The SMILES string of the molecule is COC(=O)c1c(CC(C)N)c(C)n(C)c1C. The molecule has 4 heteroatoms. The number of rotatable bonds is 3. The van der Waals surface area contributed by atoms with Crippen molar-refractivity contribution >= 4 is 5.97 Å². The predicted molar refractivity (Wildman–Crippen MR) is 63.6 cm³/mol. The number of carbonyl (C=O) groups excluding carboxylic acids is 1. The van der Waals surface area contributed by atoms with Crippen LogP contribution in [0.15, 0.2) is 0 Å². The summed E-state index contributed by atoms with van der Waals surface area (Å²) in [5.41, 5.74) is 9.48. The van der Waals surface area contributed by atoms with Gasteiger partial charge in [0.25, 0.3) is 0 Å². The van der Waals surface area contributed by atoms with Crippen LogP contribution in [0.4, 0.5) is 0 Å². The molecule has 1 aromatic rings. The third kappa shape index (κ3) is 2.11. The maximum Gasteiger partial charge on any atom is 0.339 e. The zero-order chi connectivity index (χ0) is 12.5. The summed E-state index contributed by atoms with van der Waals surface area (Å²) < 4.78 is 6.82. The zero-order valence-electron chi connectivity index (χ0n) is 10.6. The van der Waals surface area contributed by atoms with Crippen LogP contribution in [0.5, 0.6) is 0 Å². The minimum Gasteiger partial charge on any atom is -0.465 e. The van der Waals surface area contributed by atoms with E-state index in [1.807, 2.05) is 32.4 Å². The Labute approximate surface area is 96.4 Å². The van der Waals surface area contributed by atoms with E-state index in [4.69, 9.17) is 10.5 Å². The van der Waals surface area contributed by atoms with Crippen molar-refractivity contribution in [2.75, 3.05) is 7.11 Å². The molecular formula is C12H20N2O2. The van der Waals surface area contributed by atoms with Crippen LogP contribution in [0, 0.1) is 13.8 Å². The van der Waals surface area contributed by atoms with Crippen LogP contribution >= 0.6 is 0 Å². The van der Waals surface area contributed by atoms with Crippen molar-refractivity contribution in [2.24, 2.45) is 12.8 Å². The van der Waals surface area contributed by atoms with Crippen LogP contribution in [0.1, 0.15) is 34.2 Å². The Bertz CT molecular complexity index is 406. The summed E-state index contributed by atoms with van der Waals surface area (Å²) in [7, 11) is 3.35. The highest BCUT2D eigenvalue weighted by Crippen LogP contribution is 2.23. The molecule has 0 aliphatic heterocycles.